The normalized spacial score (nSPS) is 10.3. The third-order valence-corrected chi connectivity index (χ3v) is 6.02. The molecule has 0 aliphatic carbocycles. The minimum Gasteiger partial charge on any atom is -0.423 e. The van der Waals surface area contributed by atoms with E-state index >= 15 is 0 Å². The van der Waals surface area contributed by atoms with E-state index < -0.39 is 11.9 Å². The third kappa shape index (κ3) is 6.17. The summed E-state index contributed by atoms with van der Waals surface area (Å²) in [4.78, 5) is 27.1. The van der Waals surface area contributed by atoms with Gasteiger partial charge in [0.15, 0.2) is 0 Å². The van der Waals surface area contributed by atoms with Crippen LogP contribution in [0.15, 0.2) is 122 Å². The molecule has 0 bridgehead atoms. The van der Waals surface area contributed by atoms with Gasteiger partial charge in [0.25, 0.3) is 0 Å². The summed E-state index contributed by atoms with van der Waals surface area (Å²) in [5, 5.41) is 0. The molecular formula is C32H28N2O4. The molecule has 0 aliphatic heterocycles. The van der Waals surface area contributed by atoms with Gasteiger partial charge in [0, 0.05) is 61.1 Å². The van der Waals surface area contributed by atoms with Crippen LogP contribution in [-0.4, -0.2) is 26.0 Å². The molecule has 4 aromatic rings. The van der Waals surface area contributed by atoms with E-state index in [0.717, 1.165) is 46.0 Å². The van der Waals surface area contributed by atoms with Crippen molar-refractivity contribution in [3.63, 3.8) is 0 Å². The van der Waals surface area contributed by atoms with Gasteiger partial charge in [-0.15, -0.1) is 0 Å². The molecule has 0 aliphatic rings. The summed E-state index contributed by atoms with van der Waals surface area (Å²) in [5.74, 6) is -0.0568. The van der Waals surface area contributed by atoms with Gasteiger partial charge in [-0.1, -0.05) is 49.6 Å². The maximum Gasteiger partial charge on any atom is 0.335 e. The Morgan fingerprint density at radius 2 is 0.947 bits per heavy atom. The highest BCUT2D eigenvalue weighted by molar-refractivity contribution is 5.84. The molecule has 0 saturated heterocycles. The Kier molecular flexibility index (Phi) is 8.04. The molecule has 4 rings (SSSR count). The SMILES string of the molecule is C=CC(=O)Oc1cccc(N(C)c2ccc(-c3ccc(N(C)c4cccc(OC(=O)C=C)c4)cc3)cc2)c1. The number of carbonyl (C=O) groups excluding carboxylic acids is 2. The van der Waals surface area contributed by atoms with E-state index in [4.69, 9.17) is 9.47 Å². The molecule has 190 valence electrons. The van der Waals surface area contributed by atoms with Crippen LogP contribution in [0.4, 0.5) is 22.7 Å². The first-order valence-electron chi connectivity index (χ1n) is 11.9. The molecular weight excluding hydrogens is 476 g/mol. The molecule has 6 nitrogen and oxygen atoms in total. The second kappa shape index (κ2) is 11.8. The topological polar surface area (TPSA) is 59.1 Å². The molecule has 0 N–H and O–H groups in total. The molecule has 0 radical (unpaired) electrons. The Hall–Kier alpha value is -5.10. The molecule has 0 atom stereocenters. The number of rotatable bonds is 9. The van der Waals surface area contributed by atoms with Crippen molar-refractivity contribution in [1.82, 2.24) is 0 Å². The number of ether oxygens (including phenoxy) is 2. The fraction of sp³-hybridized carbons (Fsp3) is 0.0625. The third-order valence-electron chi connectivity index (χ3n) is 6.02. The molecule has 0 aromatic heterocycles. The zero-order valence-electron chi connectivity index (χ0n) is 21.3. The lowest BCUT2D eigenvalue weighted by atomic mass is 10.0. The summed E-state index contributed by atoms with van der Waals surface area (Å²) in [6.07, 6.45) is 2.28. The maximum atomic E-state index is 11.5. The number of esters is 2. The zero-order valence-corrected chi connectivity index (χ0v) is 21.3. The van der Waals surface area contributed by atoms with E-state index in [1.807, 2.05) is 84.6 Å². The van der Waals surface area contributed by atoms with Gasteiger partial charge in [-0.3, -0.25) is 0 Å². The van der Waals surface area contributed by atoms with Gasteiger partial charge in [0.05, 0.1) is 0 Å². The Balaban J connectivity index is 1.46. The van der Waals surface area contributed by atoms with Crippen molar-refractivity contribution >= 4 is 34.7 Å². The predicted molar refractivity (Wildman–Crippen MR) is 153 cm³/mol. The zero-order chi connectivity index (χ0) is 27.1. The van der Waals surface area contributed by atoms with E-state index in [1.165, 1.54) is 0 Å². The minimum absolute atomic E-state index is 0.463. The minimum atomic E-state index is -0.492. The van der Waals surface area contributed by atoms with Gasteiger partial charge >= 0.3 is 11.9 Å². The Morgan fingerprint density at radius 1 is 0.579 bits per heavy atom. The van der Waals surface area contributed by atoms with Crippen LogP contribution in [0.2, 0.25) is 0 Å². The van der Waals surface area contributed by atoms with Crippen molar-refractivity contribution in [2.75, 3.05) is 23.9 Å². The van der Waals surface area contributed by atoms with Crippen molar-refractivity contribution in [1.29, 1.82) is 0 Å². The largest absolute Gasteiger partial charge is 0.423 e. The fourth-order valence-corrected chi connectivity index (χ4v) is 3.88. The van der Waals surface area contributed by atoms with E-state index in [-0.39, 0.29) is 0 Å². The molecule has 0 unspecified atom stereocenters. The average Bonchev–Trinajstić information content (AvgIpc) is 2.96. The number of carbonyl (C=O) groups is 2. The molecule has 0 amide bonds. The second-order valence-corrected chi connectivity index (χ2v) is 8.46. The van der Waals surface area contributed by atoms with E-state index in [0.29, 0.717) is 11.5 Å². The van der Waals surface area contributed by atoms with Gasteiger partial charge in [-0.05, 0) is 59.7 Å². The van der Waals surface area contributed by atoms with Crippen molar-refractivity contribution in [2.45, 2.75) is 0 Å². The summed E-state index contributed by atoms with van der Waals surface area (Å²) in [5.41, 5.74) is 5.95. The van der Waals surface area contributed by atoms with Gasteiger partial charge in [-0.25, -0.2) is 9.59 Å². The molecule has 0 fully saturated rings. The summed E-state index contributed by atoms with van der Waals surface area (Å²) >= 11 is 0. The highest BCUT2D eigenvalue weighted by Crippen LogP contribution is 2.31. The van der Waals surface area contributed by atoms with Crippen LogP contribution < -0.4 is 19.3 Å². The fourth-order valence-electron chi connectivity index (χ4n) is 3.88. The lowest BCUT2D eigenvalue weighted by Gasteiger charge is -2.21. The first kappa shape index (κ1) is 26.0. The van der Waals surface area contributed by atoms with Crippen LogP contribution in [0.1, 0.15) is 0 Å². The van der Waals surface area contributed by atoms with Crippen molar-refractivity contribution in [3.05, 3.63) is 122 Å². The van der Waals surface area contributed by atoms with Gasteiger partial charge in [-0.2, -0.15) is 0 Å². The second-order valence-electron chi connectivity index (χ2n) is 8.46. The van der Waals surface area contributed by atoms with Crippen molar-refractivity contribution in [3.8, 4) is 22.6 Å². The van der Waals surface area contributed by atoms with Gasteiger partial charge < -0.3 is 19.3 Å². The predicted octanol–water partition coefficient (Wildman–Crippen LogP) is 7.07. The quantitative estimate of drug-likeness (QED) is 0.138. The maximum absolute atomic E-state index is 11.5. The van der Waals surface area contributed by atoms with Crippen LogP contribution in [0.25, 0.3) is 11.1 Å². The number of hydrogen-bond acceptors (Lipinski definition) is 6. The Morgan fingerprint density at radius 3 is 1.29 bits per heavy atom. The molecule has 6 heteroatoms. The first-order chi connectivity index (χ1) is 18.4. The lowest BCUT2D eigenvalue weighted by molar-refractivity contribution is -0.129. The van der Waals surface area contributed by atoms with Gasteiger partial charge in [0.1, 0.15) is 11.5 Å². The van der Waals surface area contributed by atoms with E-state index in [2.05, 4.69) is 37.4 Å². The smallest absolute Gasteiger partial charge is 0.335 e. The lowest BCUT2D eigenvalue weighted by Crippen LogP contribution is -2.10. The molecule has 0 spiro atoms. The number of anilines is 4. The molecule has 0 saturated carbocycles. The van der Waals surface area contributed by atoms with Crippen LogP contribution >= 0.6 is 0 Å². The summed E-state index contributed by atoms with van der Waals surface area (Å²) in [6, 6.07) is 31.2. The summed E-state index contributed by atoms with van der Waals surface area (Å²) in [7, 11) is 3.92. The monoisotopic (exact) mass is 504 g/mol. The highest BCUT2D eigenvalue weighted by atomic mass is 16.5. The first-order valence-corrected chi connectivity index (χ1v) is 11.9. The number of benzene rings is 4. The number of hydrogen-bond donors (Lipinski definition) is 0. The average molecular weight is 505 g/mol. The number of nitrogens with zero attached hydrogens (tertiary/aromatic N) is 2. The molecule has 4 aromatic carbocycles. The van der Waals surface area contributed by atoms with Crippen molar-refractivity contribution < 1.29 is 19.1 Å². The standard InChI is InChI=1S/C32H28N2O4/c1-5-31(35)37-29-11-7-9-27(21-29)33(3)25-17-13-23(14-18-25)24-15-19-26(20-16-24)34(4)28-10-8-12-30(22-28)38-32(36)6-2/h5-22H,1-2H2,3-4H3. The Labute approximate surface area is 222 Å². The molecule has 0 heterocycles. The van der Waals surface area contributed by atoms with Crippen LogP contribution in [0.5, 0.6) is 11.5 Å². The summed E-state index contributed by atoms with van der Waals surface area (Å²) in [6.45, 7) is 6.86. The van der Waals surface area contributed by atoms with E-state index in [9.17, 15) is 9.59 Å². The summed E-state index contributed by atoms with van der Waals surface area (Å²) < 4.78 is 10.5. The van der Waals surface area contributed by atoms with E-state index in [1.54, 1.807) is 12.1 Å². The van der Waals surface area contributed by atoms with Crippen LogP contribution in [0.3, 0.4) is 0 Å². The van der Waals surface area contributed by atoms with Crippen molar-refractivity contribution in [2.24, 2.45) is 0 Å². The highest BCUT2D eigenvalue weighted by Gasteiger charge is 2.10. The van der Waals surface area contributed by atoms with Gasteiger partial charge in [0.2, 0.25) is 0 Å². The Bertz CT molecular complexity index is 1350. The molecule has 38 heavy (non-hydrogen) atoms. The van der Waals surface area contributed by atoms with Crippen LogP contribution in [-0.2, 0) is 9.59 Å². The van der Waals surface area contributed by atoms with Crippen LogP contribution in [0, 0.1) is 0 Å².